The molecule has 1 fully saturated rings. The molecule has 0 saturated carbocycles. The molecular weight excluding hydrogens is 605 g/mol. The number of carbonyl (C=O) groups excluding carboxylic acids is 3. The smallest absolute Gasteiger partial charge is 0.395 e. The topological polar surface area (TPSA) is 148 Å². The molecule has 6 unspecified atom stereocenters. The summed E-state index contributed by atoms with van der Waals surface area (Å²) in [5.74, 6) is -7.49. The maximum atomic E-state index is 13.4. The average Bonchev–Trinajstić information content (AvgIpc) is 3.01. The Morgan fingerprint density at radius 1 is 1.02 bits per heavy atom. The first-order chi connectivity index (χ1) is 21.9. The van der Waals surface area contributed by atoms with Crippen LogP contribution in [0.1, 0.15) is 25.7 Å². The fourth-order valence-electron chi connectivity index (χ4n) is 6.13. The molecule has 6 atom stereocenters. The van der Waals surface area contributed by atoms with Crippen LogP contribution in [0.3, 0.4) is 0 Å². The molecule has 1 heterocycles. The largest absolute Gasteiger partial charge is 0.508 e. The number of alkyl halides is 3. The van der Waals surface area contributed by atoms with Crippen LogP contribution >= 0.6 is 0 Å². The first-order valence-electron chi connectivity index (χ1n) is 15.0. The van der Waals surface area contributed by atoms with Crippen molar-refractivity contribution in [3.8, 4) is 0 Å². The average molecular weight is 641 g/mol. The summed E-state index contributed by atoms with van der Waals surface area (Å²) >= 11 is 0. The van der Waals surface area contributed by atoms with Crippen molar-refractivity contribution in [3.63, 3.8) is 0 Å². The quantitative estimate of drug-likeness (QED) is 0.259. The number of amides is 3. The Bertz CT molecular complexity index is 1520. The number of aliphatic carboxylic acids is 1. The van der Waals surface area contributed by atoms with E-state index >= 15 is 0 Å². The first-order valence-corrected chi connectivity index (χ1v) is 15.0. The van der Waals surface area contributed by atoms with Crippen LogP contribution in [0.25, 0.3) is 0 Å². The van der Waals surface area contributed by atoms with Gasteiger partial charge < -0.3 is 25.7 Å². The van der Waals surface area contributed by atoms with Gasteiger partial charge in [0.1, 0.15) is 18.5 Å². The van der Waals surface area contributed by atoms with Gasteiger partial charge in [0.25, 0.3) is 0 Å². The Morgan fingerprint density at radius 3 is 2.50 bits per heavy atom. The molecule has 10 nitrogen and oxygen atoms in total. The summed E-state index contributed by atoms with van der Waals surface area (Å²) in [5.41, 5.74) is 1.91. The lowest BCUT2D eigenvalue weighted by Gasteiger charge is -2.38. The molecule has 244 valence electrons. The van der Waals surface area contributed by atoms with Gasteiger partial charge in [0.2, 0.25) is 17.7 Å². The van der Waals surface area contributed by atoms with E-state index < -0.39 is 66.4 Å². The van der Waals surface area contributed by atoms with E-state index in [1.807, 2.05) is 12.2 Å². The van der Waals surface area contributed by atoms with Crippen LogP contribution in [0.4, 0.5) is 13.2 Å². The number of nitrogens with one attached hydrogen (secondary N) is 3. The van der Waals surface area contributed by atoms with E-state index in [2.05, 4.69) is 28.1 Å². The molecule has 0 aromatic heterocycles. The third-order valence-corrected chi connectivity index (χ3v) is 8.44. The number of hydrogen-bond donors (Lipinski definition) is 5. The first kappa shape index (κ1) is 32.7. The van der Waals surface area contributed by atoms with Gasteiger partial charge in [-0.05, 0) is 48.6 Å². The molecule has 0 bridgehead atoms. The van der Waals surface area contributed by atoms with Crippen LogP contribution in [0.5, 0.6) is 0 Å². The van der Waals surface area contributed by atoms with Crippen LogP contribution in [0.15, 0.2) is 95.5 Å². The highest BCUT2D eigenvalue weighted by molar-refractivity contribution is 5.86. The Hall–Kier alpha value is -4.65. The molecule has 0 spiro atoms. The van der Waals surface area contributed by atoms with E-state index in [0.29, 0.717) is 17.3 Å². The number of carbonyl (C=O) groups is 4. The minimum absolute atomic E-state index is 0.0353. The minimum atomic E-state index is -4.64. The van der Waals surface area contributed by atoms with E-state index in [1.54, 1.807) is 18.2 Å². The van der Waals surface area contributed by atoms with Gasteiger partial charge >= 0.3 is 12.1 Å². The van der Waals surface area contributed by atoms with Crippen LogP contribution in [-0.4, -0.2) is 70.3 Å². The van der Waals surface area contributed by atoms with Crippen LogP contribution in [0, 0.1) is 23.7 Å². The number of rotatable bonds is 9. The van der Waals surface area contributed by atoms with Crippen LogP contribution in [0.2, 0.25) is 0 Å². The van der Waals surface area contributed by atoms with Gasteiger partial charge in [-0.1, -0.05) is 54.7 Å². The summed E-state index contributed by atoms with van der Waals surface area (Å²) < 4.78 is 40.2. The summed E-state index contributed by atoms with van der Waals surface area (Å²) in [6.07, 6.45) is 15.5. The van der Waals surface area contributed by atoms with Gasteiger partial charge in [0.05, 0.1) is 17.8 Å². The number of allylic oxidation sites excluding steroid dienone is 7. The minimum Gasteiger partial charge on any atom is -0.508 e. The van der Waals surface area contributed by atoms with Crippen molar-refractivity contribution in [2.75, 3.05) is 13.1 Å². The van der Waals surface area contributed by atoms with E-state index in [9.17, 15) is 42.6 Å². The van der Waals surface area contributed by atoms with E-state index in [0.717, 1.165) is 30.6 Å². The zero-order valence-corrected chi connectivity index (χ0v) is 24.7. The molecule has 1 aliphatic heterocycles. The van der Waals surface area contributed by atoms with Crippen molar-refractivity contribution in [1.82, 2.24) is 20.9 Å². The number of nitrogens with zero attached hydrogens (tertiary/aromatic N) is 1. The Labute approximate surface area is 263 Å². The number of hydrogen-bond acceptors (Lipinski definition) is 6. The zero-order chi connectivity index (χ0) is 33.0. The van der Waals surface area contributed by atoms with E-state index in [-0.39, 0.29) is 31.1 Å². The summed E-state index contributed by atoms with van der Waals surface area (Å²) in [4.78, 5) is 51.8. The SMILES string of the molecule is O=C(O)CN(CC1=CC2C(=O)NC(C3=CCCC=C3)NC2C=C1)C(=O)C1C=CC(NC(=O)CC2C=CC(O)=CC2C(F)(F)F)=CC1. The second-order valence-corrected chi connectivity index (χ2v) is 11.8. The van der Waals surface area contributed by atoms with Crippen molar-refractivity contribution in [2.45, 2.75) is 44.1 Å². The third-order valence-electron chi connectivity index (χ3n) is 8.44. The lowest BCUT2D eigenvalue weighted by atomic mass is 9.84. The predicted octanol–water partition coefficient (Wildman–Crippen LogP) is 3.48. The standard InChI is InChI=1S/C33H35F3N4O6/c34-33(35,36)26-16-24(41)12-9-22(26)15-28(42)37-23-10-7-21(8-11-23)32(46)40(18-29(43)44)17-19-6-13-27-25(14-19)31(45)39-30(38-27)20-4-2-1-3-5-20/h2,4-7,9-14,16,21-22,25-27,30,38,41H,1,3,8,15,17-18H2,(H,37,42)(H,39,45)(H,43,44). The number of carboxylic acid groups (broad SMARTS) is 1. The van der Waals surface area contributed by atoms with Crippen LogP contribution < -0.4 is 16.0 Å². The van der Waals surface area contributed by atoms with Crippen molar-refractivity contribution in [2.24, 2.45) is 23.7 Å². The number of halogens is 3. The highest BCUT2D eigenvalue weighted by Gasteiger charge is 2.44. The van der Waals surface area contributed by atoms with E-state index in [4.69, 9.17) is 0 Å². The summed E-state index contributed by atoms with van der Waals surface area (Å²) in [7, 11) is 0. The highest BCUT2D eigenvalue weighted by Crippen LogP contribution is 2.38. The van der Waals surface area contributed by atoms with Crippen molar-refractivity contribution < 1.29 is 42.6 Å². The maximum absolute atomic E-state index is 13.4. The monoisotopic (exact) mass is 640 g/mol. The molecule has 4 aliphatic carbocycles. The van der Waals surface area contributed by atoms with Gasteiger partial charge in [-0.25, -0.2) is 0 Å². The summed E-state index contributed by atoms with van der Waals surface area (Å²) in [6, 6.07) is -0.264. The van der Waals surface area contributed by atoms with Gasteiger partial charge in [-0.3, -0.25) is 24.5 Å². The van der Waals surface area contributed by atoms with Crippen LogP contribution in [-0.2, 0) is 19.2 Å². The molecule has 5 N–H and O–H groups in total. The van der Waals surface area contributed by atoms with Gasteiger partial charge in [0, 0.05) is 30.6 Å². The predicted molar refractivity (Wildman–Crippen MR) is 161 cm³/mol. The number of fused-ring (bicyclic) bond motifs is 1. The summed E-state index contributed by atoms with van der Waals surface area (Å²) in [6.45, 7) is -0.603. The molecule has 0 radical (unpaired) electrons. The van der Waals surface area contributed by atoms with Gasteiger partial charge in [-0.2, -0.15) is 13.2 Å². The lowest BCUT2D eigenvalue weighted by Crippen LogP contribution is -2.61. The van der Waals surface area contributed by atoms with Crippen molar-refractivity contribution in [3.05, 3.63) is 95.5 Å². The normalized spacial score (nSPS) is 28.6. The fourth-order valence-corrected chi connectivity index (χ4v) is 6.13. The van der Waals surface area contributed by atoms with E-state index in [1.165, 1.54) is 17.1 Å². The number of carboxylic acids is 1. The lowest BCUT2D eigenvalue weighted by molar-refractivity contribution is -0.172. The molecule has 46 heavy (non-hydrogen) atoms. The third kappa shape index (κ3) is 7.94. The molecule has 5 rings (SSSR count). The zero-order valence-electron chi connectivity index (χ0n) is 24.7. The number of aliphatic hydroxyl groups is 1. The molecule has 0 aromatic rings. The van der Waals surface area contributed by atoms with Crippen molar-refractivity contribution >= 4 is 23.7 Å². The molecule has 0 aromatic carbocycles. The van der Waals surface area contributed by atoms with Gasteiger partial charge in [0.15, 0.2) is 0 Å². The molecular formula is C33H35F3N4O6. The maximum Gasteiger partial charge on any atom is 0.395 e. The fraction of sp³-hybridized carbons (Fsp3) is 0.394. The van der Waals surface area contributed by atoms with Crippen molar-refractivity contribution in [1.29, 1.82) is 0 Å². The second-order valence-electron chi connectivity index (χ2n) is 11.8. The molecule has 3 amide bonds. The highest BCUT2D eigenvalue weighted by atomic mass is 19.4. The molecule has 5 aliphatic rings. The molecule has 1 saturated heterocycles. The Kier molecular flexibility index (Phi) is 9.80. The Morgan fingerprint density at radius 2 is 1.83 bits per heavy atom. The number of aliphatic hydroxyl groups excluding tert-OH is 1. The molecule has 13 heteroatoms. The summed E-state index contributed by atoms with van der Waals surface area (Å²) in [5, 5.41) is 27.9. The van der Waals surface area contributed by atoms with Gasteiger partial charge in [-0.15, -0.1) is 0 Å². The Balaban J connectivity index is 1.17. The second kappa shape index (κ2) is 13.8.